The van der Waals surface area contributed by atoms with E-state index < -0.39 is 0 Å². The minimum absolute atomic E-state index is 0.791. The molecular weight excluding hydrogens is 893 g/mol. The number of hydrogen-bond donors (Lipinski definition) is 0. The number of nitrogens with zero attached hydrogens (tertiary/aromatic N) is 2. The molecule has 14 rings (SSSR count). The van der Waals surface area contributed by atoms with Crippen LogP contribution in [-0.4, -0.2) is 0 Å². The van der Waals surface area contributed by atoms with Gasteiger partial charge in [0.05, 0.1) is 22.7 Å². The van der Waals surface area contributed by atoms with E-state index in [2.05, 4.69) is 256 Å². The summed E-state index contributed by atoms with van der Waals surface area (Å²) < 4.78 is 21.4. The van der Waals surface area contributed by atoms with Crippen LogP contribution >= 0.6 is 0 Å². The van der Waals surface area contributed by atoms with Crippen molar-refractivity contribution in [2.45, 2.75) is 27.7 Å². The number of para-hydroxylation sites is 4. The molecule has 0 saturated carbocycles. The van der Waals surface area contributed by atoms with Crippen molar-refractivity contribution in [1.82, 2.24) is 0 Å². The van der Waals surface area contributed by atoms with Gasteiger partial charge in [-0.25, -0.2) is 0 Å². The third kappa shape index (κ3) is 6.77. The lowest BCUT2D eigenvalue weighted by atomic mass is 9.99. The lowest BCUT2D eigenvalue weighted by Crippen LogP contribution is -2.12. The van der Waals surface area contributed by atoms with E-state index in [1.54, 1.807) is 0 Å². The zero-order valence-corrected chi connectivity index (χ0v) is 40.9. The molecule has 0 bridgehead atoms. The van der Waals surface area contributed by atoms with Gasteiger partial charge in [0, 0.05) is 72.3 Å². The number of furan rings is 3. The van der Waals surface area contributed by atoms with Crippen LogP contribution in [0.1, 0.15) is 22.3 Å². The lowest BCUT2D eigenvalue weighted by molar-refractivity contribution is 0.667. The molecule has 0 unspecified atom stereocenters. The second kappa shape index (κ2) is 16.6. The molecular formula is C68H48N2O3. The zero-order valence-electron chi connectivity index (χ0n) is 40.9. The number of benzene rings is 11. The first kappa shape index (κ1) is 42.5. The monoisotopic (exact) mass is 940 g/mol. The van der Waals surface area contributed by atoms with Crippen molar-refractivity contribution in [2.75, 3.05) is 9.80 Å². The molecule has 3 aromatic heterocycles. The summed E-state index contributed by atoms with van der Waals surface area (Å²) in [4.78, 5) is 4.72. The van der Waals surface area contributed by atoms with E-state index in [9.17, 15) is 0 Å². The van der Waals surface area contributed by atoms with Crippen molar-refractivity contribution in [1.29, 1.82) is 0 Å². The number of fused-ring (bicyclic) bond motifs is 11. The fraction of sp³-hybridized carbons (Fsp3) is 0.0588. The first-order chi connectivity index (χ1) is 35.9. The average molecular weight is 941 g/mol. The number of aryl methyl sites for hydroxylation is 4. The van der Waals surface area contributed by atoms with Crippen molar-refractivity contribution in [3.8, 4) is 22.3 Å². The van der Waals surface area contributed by atoms with Crippen molar-refractivity contribution >= 4 is 111 Å². The minimum Gasteiger partial charge on any atom is -0.456 e. The Hall–Kier alpha value is -9.32. The molecule has 0 aliphatic carbocycles. The number of rotatable bonds is 8. The van der Waals surface area contributed by atoms with Crippen LogP contribution in [0.15, 0.2) is 232 Å². The number of hydrogen-bond acceptors (Lipinski definition) is 5. The molecule has 5 heteroatoms. The Morgan fingerprint density at radius 3 is 1.34 bits per heavy atom. The van der Waals surface area contributed by atoms with Crippen molar-refractivity contribution < 1.29 is 13.3 Å². The maximum absolute atomic E-state index is 7.19. The molecule has 0 saturated heterocycles. The first-order valence-electron chi connectivity index (χ1n) is 25.0. The van der Waals surface area contributed by atoms with Crippen LogP contribution in [0, 0.1) is 27.7 Å². The SMILES string of the molecule is Cc1ccc(C)c(N(c2ccc3c(c2)oc2cc(N(c4cc(C)ccc4C)c4cccc5c4oc4c(-c6ccccc6)cccc45)c4ccccc4c23)c2cccc3c2oc2c(-c4ccccc4)cccc23)c1. The van der Waals surface area contributed by atoms with Gasteiger partial charge in [0.25, 0.3) is 0 Å². The van der Waals surface area contributed by atoms with Crippen LogP contribution < -0.4 is 9.80 Å². The van der Waals surface area contributed by atoms with Gasteiger partial charge in [0.15, 0.2) is 11.2 Å². The van der Waals surface area contributed by atoms with Gasteiger partial charge in [-0.2, -0.15) is 0 Å². The van der Waals surface area contributed by atoms with Crippen LogP contribution in [0.3, 0.4) is 0 Å². The third-order valence-corrected chi connectivity index (χ3v) is 14.8. The summed E-state index contributed by atoms with van der Waals surface area (Å²) in [6.07, 6.45) is 0. The van der Waals surface area contributed by atoms with Crippen LogP contribution in [0.25, 0.3) is 98.8 Å². The second-order valence-electron chi connectivity index (χ2n) is 19.5. The Balaban J connectivity index is 0.991. The largest absolute Gasteiger partial charge is 0.456 e. The summed E-state index contributed by atoms with van der Waals surface area (Å²) in [6.45, 7) is 8.67. The van der Waals surface area contributed by atoms with Gasteiger partial charge in [-0.05, 0) is 103 Å². The van der Waals surface area contributed by atoms with Crippen molar-refractivity contribution in [2.24, 2.45) is 0 Å². The fourth-order valence-corrected chi connectivity index (χ4v) is 11.3. The maximum Gasteiger partial charge on any atom is 0.159 e. The first-order valence-corrected chi connectivity index (χ1v) is 25.0. The van der Waals surface area contributed by atoms with Gasteiger partial charge in [0.1, 0.15) is 22.3 Å². The van der Waals surface area contributed by atoms with Gasteiger partial charge >= 0.3 is 0 Å². The third-order valence-electron chi connectivity index (χ3n) is 14.8. The van der Waals surface area contributed by atoms with Gasteiger partial charge in [0.2, 0.25) is 0 Å². The molecule has 0 aliphatic heterocycles. The Bertz CT molecular complexity index is 4500. The van der Waals surface area contributed by atoms with Crippen LogP contribution in [-0.2, 0) is 0 Å². The summed E-state index contributed by atoms with van der Waals surface area (Å²) in [6, 6.07) is 77.8. The molecule has 14 aromatic rings. The quantitative estimate of drug-likeness (QED) is 0.152. The lowest BCUT2D eigenvalue weighted by Gasteiger charge is -2.28. The smallest absolute Gasteiger partial charge is 0.159 e. The highest BCUT2D eigenvalue weighted by atomic mass is 16.3. The van der Waals surface area contributed by atoms with E-state index >= 15 is 0 Å². The molecule has 0 radical (unpaired) electrons. The number of anilines is 6. The van der Waals surface area contributed by atoms with E-state index in [-0.39, 0.29) is 0 Å². The highest BCUT2D eigenvalue weighted by Gasteiger charge is 2.27. The Kier molecular flexibility index (Phi) is 9.70. The zero-order chi connectivity index (χ0) is 48.9. The molecule has 0 spiro atoms. The van der Waals surface area contributed by atoms with Gasteiger partial charge < -0.3 is 23.1 Å². The summed E-state index contributed by atoms with van der Waals surface area (Å²) in [5.41, 5.74) is 20.0. The van der Waals surface area contributed by atoms with Gasteiger partial charge in [-0.1, -0.05) is 170 Å². The molecule has 348 valence electrons. The van der Waals surface area contributed by atoms with Crippen molar-refractivity contribution in [3.63, 3.8) is 0 Å². The summed E-state index contributed by atoms with van der Waals surface area (Å²) >= 11 is 0. The normalized spacial score (nSPS) is 11.8. The minimum atomic E-state index is 0.791. The Morgan fingerprint density at radius 2 is 0.767 bits per heavy atom. The Morgan fingerprint density at radius 1 is 0.288 bits per heavy atom. The molecule has 0 amide bonds. The molecule has 0 fully saturated rings. The summed E-state index contributed by atoms with van der Waals surface area (Å²) in [5.74, 6) is 0. The van der Waals surface area contributed by atoms with E-state index in [4.69, 9.17) is 13.3 Å². The predicted octanol–water partition coefficient (Wildman–Crippen LogP) is 20.0. The van der Waals surface area contributed by atoms with E-state index in [0.29, 0.717) is 0 Å². The van der Waals surface area contributed by atoms with Gasteiger partial charge in [-0.3, -0.25) is 0 Å². The fourth-order valence-electron chi connectivity index (χ4n) is 11.3. The van der Waals surface area contributed by atoms with Crippen LogP contribution in [0.5, 0.6) is 0 Å². The van der Waals surface area contributed by atoms with Crippen molar-refractivity contribution in [3.05, 3.63) is 241 Å². The molecule has 0 aliphatic rings. The van der Waals surface area contributed by atoms with E-state index in [0.717, 1.165) is 144 Å². The average Bonchev–Trinajstić information content (AvgIpc) is 4.13. The molecule has 11 aromatic carbocycles. The van der Waals surface area contributed by atoms with Crippen LogP contribution in [0.2, 0.25) is 0 Å². The molecule has 0 atom stereocenters. The van der Waals surface area contributed by atoms with E-state index in [1.807, 2.05) is 0 Å². The molecule has 0 N–H and O–H groups in total. The predicted molar refractivity (Wildman–Crippen MR) is 305 cm³/mol. The molecule has 73 heavy (non-hydrogen) atoms. The summed E-state index contributed by atoms with van der Waals surface area (Å²) in [5, 5.41) is 8.61. The van der Waals surface area contributed by atoms with Gasteiger partial charge in [-0.15, -0.1) is 0 Å². The standard InChI is InChI=1S/C68H48N2O3/c1-41-31-33-43(3)59(37-41)69(57-29-15-27-54-52-25-13-23-48(65(52)72-67(54)57)45-17-7-5-8-18-45)47-35-36-56-62(39-47)71-63-40-61(50-21-11-12-22-51(50)64(56)63)70(60-38-42(2)32-34-44(60)4)58-30-16-28-55-53-26-14-24-49(66(53)73-68(55)58)46-19-9-6-10-20-46/h5-40H,1-4H3. The molecule has 5 nitrogen and oxygen atoms in total. The maximum atomic E-state index is 7.19. The summed E-state index contributed by atoms with van der Waals surface area (Å²) in [7, 11) is 0. The highest BCUT2D eigenvalue weighted by Crippen LogP contribution is 2.51. The topological polar surface area (TPSA) is 45.9 Å². The highest BCUT2D eigenvalue weighted by molar-refractivity contribution is 6.24. The van der Waals surface area contributed by atoms with E-state index in [1.165, 1.54) is 11.1 Å². The Labute approximate surface area is 422 Å². The molecule has 3 heterocycles. The second-order valence-corrected chi connectivity index (χ2v) is 19.5. The van der Waals surface area contributed by atoms with Crippen LogP contribution in [0.4, 0.5) is 34.1 Å².